The molecular formula is C26H29F2N5O5. The van der Waals surface area contributed by atoms with Crippen LogP contribution in [0.25, 0.3) is 0 Å². The minimum absolute atomic E-state index is 0.0537. The molecule has 2 aromatic rings. The lowest BCUT2D eigenvalue weighted by Crippen LogP contribution is -2.55. The monoisotopic (exact) mass is 529 g/mol. The van der Waals surface area contributed by atoms with Gasteiger partial charge in [0.05, 0.1) is 12.4 Å². The SMILES string of the molecule is CC(C)(C)OC(=O)NC1=NC2(CO1)c1cc(NC(=O)c3cnc(C(F)F)cn3)ccc1OC(C)(C)C21CC1. The average molecular weight is 530 g/mol. The van der Waals surface area contributed by atoms with E-state index in [0.717, 1.165) is 25.2 Å². The molecule has 1 aliphatic carbocycles. The molecule has 2 amide bonds. The second-order valence-corrected chi connectivity index (χ2v) is 11.2. The lowest BCUT2D eigenvalue weighted by atomic mass is 9.66. The van der Waals surface area contributed by atoms with Crippen LogP contribution in [-0.4, -0.2) is 45.8 Å². The number of fused-ring (bicyclic) bond motifs is 3. The first-order valence-electron chi connectivity index (χ1n) is 12.2. The summed E-state index contributed by atoms with van der Waals surface area (Å²) < 4.78 is 43.2. The molecule has 0 saturated heterocycles. The largest absolute Gasteiger partial charge is 0.487 e. The van der Waals surface area contributed by atoms with Crippen molar-refractivity contribution in [2.75, 3.05) is 11.9 Å². The molecule has 38 heavy (non-hydrogen) atoms. The number of aromatic nitrogens is 2. The van der Waals surface area contributed by atoms with E-state index in [1.807, 2.05) is 13.8 Å². The van der Waals surface area contributed by atoms with Crippen molar-refractivity contribution >= 4 is 23.7 Å². The van der Waals surface area contributed by atoms with E-state index in [1.54, 1.807) is 39.0 Å². The molecule has 12 heteroatoms. The van der Waals surface area contributed by atoms with E-state index in [2.05, 4.69) is 20.6 Å². The van der Waals surface area contributed by atoms with Crippen molar-refractivity contribution in [1.29, 1.82) is 0 Å². The summed E-state index contributed by atoms with van der Waals surface area (Å²) in [7, 11) is 0. The second kappa shape index (κ2) is 8.60. The number of rotatable bonds is 3. The van der Waals surface area contributed by atoms with Crippen LogP contribution in [0.2, 0.25) is 0 Å². The molecule has 2 N–H and O–H groups in total. The molecule has 1 aromatic carbocycles. The summed E-state index contributed by atoms with van der Waals surface area (Å²) >= 11 is 0. The third kappa shape index (κ3) is 4.31. The first-order valence-corrected chi connectivity index (χ1v) is 12.2. The topological polar surface area (TPSA) is 124 Å². The number of nitrogens with zero attached hydrogens (tertiary/aromatic N) is 3. The Morgan fingerprint density at radius 1 is 1.11 bits per heavy atom. The van der Waals surface area contributed by atoms with Crippen LogP contribution in [0.5, 0.6) is 5.75 Å². The maximum atomic E-state index is 12.8. The van der Waals surface area contributed by atoms with Crippen LogP contribution >= 0.6 is 0 Å². The number of aliphatic imine (C=N–C) groups is 1. The summed E-state index contributed by atoms with van der Waals surface area (Å²) in [5, 5.41) is 5.34. The van der Waals surface area contributed by atoms with Gasteiger partial charge in [-0.1, -0.05) is 0 Å². The lowest BCUT2D eigenvalue weighted by Gasteiger charge is -2.49. The van der Waals surface area contributed by atoms with Gasteiger partial charge in [0, 0.05) is 16.7 Å². The molecule has 202 valence electrons. The van der Waals surface area contributed by atoms with Crippen molar-refractivity contribution in [3.63, 3.8) is 0 Å². The molecular weight excluding hydrogens is 500 g/mol. The Morgan fingerprint density at radius 2 is 1.84 bits per heavy atom. The number of amides is 2. The van der Waals surface area contributed by atoms with E-state index in [1.165, 1.54) is 0 Å². The Labute approximate surface area is 218 Å². The van der Waals surface area contributed by atoms with Gasteiger partial charge in [0.25, 0.3) is 18.4 Å². The van der Waals surface area contributed by atoms with Gasteiger partial charge in [-0.05, 0) is 65.7 Å². The third-order valence-corrected chi connectivity index (χ3v) is 7.19. The zero-order chi connectivity index (χ0) is 27.5. The van der Waals surface area contributed by atoms with Crippen LogP contribution in [0, 0.1) is 5.41 Å². The number of anilines is 1. The van der Waals surface area contributed by atoms with Gasteiger partial charge >= 0.3 is 6.09 Å². The fraction of sp³-hybridized carbons (Fsp3) is 0.500. The number of hydrogen-bond donors (Lipinski definition) is 2. The number of carbonyl (C=O) groups excluding carboxylic acids is 2. The van der Waals surface area contributed by atoms with E-state index in [-0.39, 0.29) is 18.3 Å². The summed E-state index contributed by atoms with van der Waals surface area (Å²) in [6.45, 7) is 9.47. The Kier molecular flexibility index (Phi) is 5.84. The zero-order valence-electron chi connectivity index (χ0n) is 21.7. The molecule has 5 rings (SSSR count). The number of halogens is 2. The van der Waals surface area contributed by atoms with Gasteiger partial charge in [0.2, 0.25) is 0 Å². The molecule has 1 atom stereocenters. The van der Waals surface area contributed by atoms with Crippen LogP contribution in [-0.2, 0) is 15.0 Å². The molecule has 0 radical (unpaired) electrons. The molecule has 1 saturated carbocycles. The minimum atomic E-state index is -2.78. The van der Waals surface area contributed by atoms with Crippen molar-refractivity contribution in [2.45, 2.75) is 70.6 Å². The van der Waals surface area contributed by atoms with E-state index in [4.69, 9.17) is 19.2 Å². The summed E-state index contributed by atoms with van der Waals surface area (Å²) in [6, 6.07) is 5.22. The highest BCUT2D eigenvalue weighted by molar-refractivity contribution is 6.02. The molecule has 2 spiro atoms. The van der Waals surface area contributed by atoms with Crippen molar-refractivity contribution < 1.29 is 32.6 Å². The number of alkyl halides is 2. The number of amidine groups is 1. The second-order valence-electron chi connectivity index (χ2n) is 11.2. The fourth-order valence-electron chi connectivity index (χ4n) is 5.30. The predicted molar refractivity (Wildman–Crippen MR) is 132 cm³/mol. The first-order chi connectivity index (χ1) is 17.8. The number of carbonyl (C=O) groups is 2. The molecule has 1 aromatic heterocycles. The van der Waals surface area contributed by atoms with Crippen LogP contribution in [0.3, 0.4) is 0 Å². The lowest BCUT2D eigenvalue weighted by molar-refractivity contribution is -0.0478. The highest BCUT2D eigenvalue weighted by atomic mass is 19.3. The molecule has 1 fully saturated rings. The molecule has 3 heterocycles. The Bertz CT molecular complexity index is 1320. The number of benzene rings is 1. The average Bonchev–Trinajstić information content (AvgIpc) is 3.55. The molecule has 2 aliphatic heterocycles. The number of hydrogen-bond acceptors (Lipinski definition) is 8. The Hall–Kier alpha value is -3.83. The first kappa shape index (κ1) is 25.8. The highest BCUT2D eigenvalue weighted by Gasteiger charge is 2.73. The summed E-state index contributed by atoms with van der Waals surface area (Å²) in [5.41, 5.74) is -2.05. The van der Waals surface area contributed by atoms with Crippen molar-refractivity contribution in [3.05, 3.63) is 47.5 Å². The quantitative estimate of drug-likeness (QED) is 0.589. The van der Waals surface area contributed by atoms with E-state index >= 15 is 0 Å². The van der Waals surface area contributed by atoms with Crippen LogP contribution in [0.15, 0.2) is 35.6 Å². The van der Waals surface area contributed by atoms with E-state index < -0.39 is 46.3 Å². The van der Waals surface area contributed by atoms with E-state index in [9.17, 15) is 18.4 Å². The standard InChI is InChI=1S/C26H29F2N5O5/c1-23(2,3)38-22(35)32-21-33-26(13-36-21)15-10-14(6-7-18(15)37-24(4,5)25(26)8-9-25)31-20(34)17-12-29-16(11-30-17)19(27)28/h6-7,10-12,19H,8-9,13H2,1-5H3,(H,31,34)(H,32,33,35). The molecule has 10 nitrogen and oxygen atoms in total. The molecule has 3 aliphatic rings. The van der Waals surface area contributed by atoms with Crippen molar-refractivity contribution in [2.24, 2.45) is 10.4 Å². The maximum Gasteiger partial charge on any atom is 0.415 e. The number of alkyl carbamates (subject to hydrolysis) is 1. The maximum absolute atomic E-state index is 12.8. The zero-order valence-corrected chi connectivity index (χ0v) is 21.7. The normalized spacial score (nSPS) is 22.3. The molecule has 0 bridgehead atoms. The Balaban J connectivity index is 1.47. The third-order valence-electron chi connectivity index (χ3n) is 7.19. The number of nitrogens with one attached hydrogen (secondary N) is 2. The summed E-state index contributed by atoms with van der Waals surface area (Å²) in [4.78, 5) is 37.4. The van der Waals surface area contributed by atoms with Gasteiger partial charge in [0.1, 0.15) is 40.5 Å². The predicted octanol–water partition coefficient (Wildman–Crippen LogP) is 4.72. The number of ether oxygens (including phenoxy) is 3. The van der Waals surface area contributed by atoms with Crippen LogP contribution in [0.4, 0.5) is 19.3 Å². The van der Waals surface area contributed by atoms with Crippen LogP contribution < -0.4 is 15.4 Å². The van der Waals surface area contributed by atoms with E-state index in [0.29, 0.717) is 17.0 Å². The van der Waals surface area contributed by atoms with Crippen molar-refractivity contribution in [3.8, 4) is 5.75 Å². The van der Waals surface area contributed by atoms with Gasteiger partial charge in [-0.2, -0.15) is 0 Å². The van der Waals surface area contributed by atoms with Gasteiger partial charge in [-0.25, -0.2) is 28.9 Å². The van der Waals surface area contributed by atoms with Gasteiger partial charge in [-0.3, -0.25) is 9.78 Å². The van der Waals surface area contributed by atoms with Crippen LogP contribution in [0.1, 0.15) is 75.6 Å². The Morgan fingerprint density at radius 3 is 2.45 bits per heavy atom. The van der Waals surface area contributed by atoms with Gasteiger partial charge in [-0.15, -0.1) is 0 Å². The minimum Gasteiger partial charge on any atom is -0.487 e. The highest BCUT2D eigenvalue weighted by Crippen LogP contribution is 2.71. The summed E-state index contributed by atoms with van der Waals surface area (Å²) in [6.07, 6.45) is 0.0797. The summed E-state index contributed by atoms with van der Waals surface area (Å²) in [5.74, 6) is -0.0265. The molecule has 1 unspecified atom stereocenters. The van der Waals surface area contributed by atoms with Gasteiger partial charge < -0.3 is 19.5 Å². The smallest absolute Gasteiger partial charge is 0.415 e. The van der Waals surface area contributed by atoms with Gasteiger partial charge in [0.15, 0.2) is 0 Å². The van der Waals surface area contributed by atoms with Crippen molar-refractivity contribution in [1.82, 2.24) is 15.3 Å². The fourth-order valence-corrected chi connectivity index (χ4v) is 5.30.